The van der Waals surface area contributed by atoms with Crippen LogP contribution in [0.1, 0.15) is 32.0 Å². The van der Waals surface area contributed by atoms with Crippen molar-refractivity contribution < 1.29 is 9.26 Å². The fraction of sp³-hybridized carbons (Fsp3) is 0.833. The number of hydrogen-bond donors (Lipinski definition) is 1. The minimum atomic E-state index is 0.161. The molecule has 6 heteroatoms. The largest absolute Gasteiger partial charge is 0.375 e. The van der Waals surface area contributed by atoms with Gasteiger partial charge in [-0.1, -0.05) is 19.0 Å². The van der Waals surface area contributed by atoms with E-state index >= 15 is 0 Å². The van der Waals surface area contributed by atoms with Crippen molar-refractivity contribution in [1.29, 1.82) is 0 Å². The van der Waals surface area contributed by atoms with Crippen molar-refractivity contribution in [3.8, 4) is 0 Å². The van der Waals surface area contributed by atoms with Gasteiger partial charge in [0.15, 0.2) is 5.82 Å². The van der Waals surface area contributed by atoms with Crippen molar-refractivity contribution in [3.05, 3.63) is 11.7 Å². The fourth-order valence-electron chi connectivity index (χ4n) is 1.71. The van der Waals surface area contributed by atoms with E-state index in [1.165, 1.54) is 0 Å². The lowest BCUT2D eigenvalue weighted by molar-refractivity contribution is 0.0246. The molecule has 0 saturated carbocycles. The van der Waals surface area contributed by atoms with Crippen molar-refractivity contribution in [1.82, 2.24) is 15.5 Å². The predicted molar refractivity (Wildman–Crippen MR) is 71.7 cm³/mol. The van der Waals surface area contributed by atoms with E-state index < -0.39 is 0 Å². The monoisotopic (exact) mass is 271 g/mol. The maximum atomic E-state index is 5.61. The molecule has 102 valence electrons. The average molecular weight is 271 g/mol. The summed E-state index contributed by atoms with van der Waals surface area (Å²) in [4.78, 5) is 4.40. The average Bonchev–Trinajstić information content (AvgIpc) is 2.85. The lowest BCUT2D eigenvalue weighted by atomic mass is 10.2. The summed E-state index contributed by atoms with van der Waals surface area (Å²) in [7, 11) is 0. The molecule has 2 rings (SSSR count). The van der Waals surface area contributed by atoms with Crippen LogP contribution in [0.3, 0.4) is 0 Å². The molecule has 2 heterocycles. The molecule has 1 aliphatic heterocycles. The minimum absolute atomic E-state index is 0.161. The van der Waals surface area contributed by atoms with Crippen LogP contribution in [0.15, 0.2) is 4.52 Å². The molecule has 5 nitrogen and oxygen atoms in total. The molecule has 0 aromatic carbocycles. The first-order chi connectivity index (χ1) is 8.78. The smallest absolute Gasteiger partial charge is 0.229 e. The Kier molecular flexibility index (Phi) is 5.46. The highest BCUT2D eigenvalue weighted by atomic mass is 32.2. The van der Waals surface area contributed by atoms with Crippen molar-refractivity contribution in [2.75, 3.05) is 19.7 Å². The third kappa shape index (κ3) is 4.26. The minimum Gasteiger partial charge on any atom is -0.375 e. The number of aromatic nitrogens is 2. The number of rotatable bonds is 6. The van der Waals surface area contributed by atoms with Gasteiger partial charge in [-0.15, -0.1) is 0 Å². The Morgan fingerprint density at radius 2 is 2.44 bits per heavy atom. The summed E-state index contributed by atoms with van der Waals surface area (Å²) in [5.41, 5.74) is 0. The normalized spacial score (nSPS) is 22.0. The molecule has 2 atom stereocenters. The molecule has 1 aromatic heterocycles. The Morgan fingerprint density at radius 3 is 3.17 bits per heavy atom. The highest BCUT2D eigenvalue weighted by Gasteiger charge is 2.17. The summed E-state index contributed by atoms with van der Waals surface area (Å²) in [6.45, 7) is 6.95. The van der Waals surface area contributed by atoms with Gasteiger partial charge in [-0.2, -0.15) is 16.7 Å². The third-order valence-electron chi connectivity index (χ3n) is 2.99. The van der Waals surface area contributed by atoms with Crippen molar-refractivity contribution >= 4 is 11.8 Å². The summed E-state index contributed by atoms with van der Waals surface area (Å²) in [6.07, 6.45) is 2.03. The van der Waals surface area contributed by atoms with E-state index in [0.717, 1.165) is 37.7 Å². The maximum absolute atomic E-state index is 5.61. The number of hydrogen-bond acceptors (Lipinski definition) is 6. The number of nitrogens with zero attached hydrogens (tertiary/aromatic N) is 2. The first-order valence-corrected chi connectivity index (χ1v) is 7.58. The first-order valence-electron chi connectivity index (χ1n) is 6.53. The fourth-order valence-corrected chi connectivity index (χ4v) is 2.50. The van der Waals surface area contributed by atoms with Gasteiger partial charge in [0.05, 0.1) is 24.9 Å². The van der Waals surface area contributed by atoms with Gasteiger partial charge in [0.25, 0.3) is 0 Å². The summed E-state index contributed by atoms with van der Waals surface area (Å²) >= 11 is 1.86. The van der Waals surface area contributed by atoms with E-state index in [1.54, 1.807) is 0 Å². The molecule has 1 saturated heterocycles. The molecule has 0 spiro atoms. The molecular formula is C12H21N3O2S. The quantitative estimate of drug-likeness (QED) is 0.848. The Labute approximate surface area is 112 Å². The van der Waals surface area contributed by atoms with Crippen LogP contribution in [0, 0.1) is 0 Å². The molecule has 1 aromatic rings. The van der Waals surface area contributed by atoms with Crippen LogP contribution in [0.25, 0.3) is 0 Å². The van der Waals surface area contributed by atoms with Gasteiger partial charge in [-0.3, -0.25) is 0 Å². The number of morpholine rings is 1. The second kappa shape index (κ2) is 7.11. The molecular weight excluding hydrogens is 250 g/mol. The molecule has 2 unspecified atom stereocenters. The lowest BCUT2D eigenvalue weighted by Gasteiger charge is -2.21. The lowest BCUT2D eigenvalue weighted by Crippen LogP contribution is -2.39. The topological polar surface area (TPSA) is 60.2 Å². The highest BCUT2D eigenvalue weighted by Crippen LogP contribution is 2.18. The van der Waals surface area contributed by atoms with Crippen LogP contribution in [0.4, 0.5) is 0 Å². The second-order valence-electron chi connectivity index (χ2n) is 4.54. The highest BCUT2D eigenvalue weighted by molar-refractivity contribution is 7.99. The van der Waals surface area contributed by atoms with Gasteiger partial charge in [0.1, 0.15) is 0 Å². The second-order valence-corrected chi connectivity index (χ2v) is 5.96. The Bertz CT molecular complexity index is 353. The Hall–Kier alpha value is -0.590. The van der Waals surface area contributed by atoms with E-state index in [0.29, 0.717) is 17.6 Å². The van der Waals surface area contributed by atoms with Crippen molar-refractivity contribution in [2.45, 2.75) is 43.8 Å². The van der Waals surface area contributed by atoms with Crippen LogP contribution < -0.4 is 5.32 Å². The summed E-state index contributed by atoms with van der Waals surface area (Å²) in [6, 6.07) is 0. The van der Waals surface area contributed by atoms with E-state index in [1.807, 2.05) is 11.8 Å². The van der Waals surface area contributed by atoms with Gasteiger partial charge in [0.2, 0.25) is 5.89 Å². The van der Waals surface area contributed by atoms with Gasteiger partial charge in [0, 0.05) is 18.3 Å². The Morgan fingerprint density at radius 1 is 1.56 bits per heavy atom. The predicted octanol–water partition coefficient (Wildman–Crippen LogP) is 1.63. The standard InChI is InChI=1S/C12H21N3O2S/c1-3-9(2)18-8-11-14-12(17-15-11)6-10-7-13-4-5-16-10/h9-10,13H,3-8H2,1-2H3. The zero-order valence-electron chi connectivity index (χ0n) is 11.0. The van der Waals surface area contributed by atoms with Gasteiger partial charge in [-0.25, -0.2) is 0 Å². The molecule has 0 bridgehead atoms. The molecule has 1 N–H and O–H groups in total. The van der Waals surface area contributed by atoms with E-state index in [4.69, 9.17) is 9.26 Å². The van der Waals surface area contributed by atoms with Crippen LogP contribution in [0.5, 0.6) is 0 Å². The van der Waals surface area contributed by atoms with Gasteiger partial charge < -0.3 is 14.6 Å². The van der Waals surface area contributed by atoms with Crippen LogP contribution in [-0.2, 0) is 16.9 Å². The molecule has 18 heavy (non-hydrogen) atoms. The van der Waals surface area contributed by atoms with Crippen LogP contribution in [0.2, 0.25) is 0 Å². The van der Waals surface area contributed by atoms with E-state index in [9.17, 15) is 0 Å². The zero-order chi connectivity index (χ0) is 12.8. The summed E-state index contributed by atoms with van der Waals surface area (Å²) in [5.74, 6) is 2.30. The molecule has 1 aliphatic rings. The van der Waals surface area contributed by atoms with Crippen molar-refractivity contribution in [2.24, 2.45) is 0 Å². The van der Waals surface area contributed by atoms with Crippen LogP contribution in [-0.4, -0.2) is 41.2 Å². The maximum Gasteiger partial charge on any atom is 0.229 e. The van der Waals surface area contributed by atoms with Crippen molar-refractivity contribution in [3.63, 3.8) is 0 Å². The number of nitrogens with one attached hydrogen (secondary N) is 1. The summed E-state index contributed by atoms with van der Waals surface area (Å²) < 4.78 is 10.9. The third-order valence-corrected chi connectivity index (χ3v) is 4.32. The molecule has 0 aliphatic carbocycles. The number of thioether (sulfide) groups is 1. The van der Waals surface area contributed by atoms with Gasteiger partial charge in [-0.05, 0) is 6.42 Å². The summed E-state index contributed by atoms with van der Waals surface area (Å²) in [5, 5.41) is 7.93. The molecule has 1 fully saturated rings. The van der Waals surface area contributed by atoms with Crippen LogP contribution >= 0.6 is 11.8 Å². The Balaban J connectivity index is 1.78. The first kappa shape index (κ1) is 13.8. The SMILES string of the molecule is CCC(C)SCc1noc(CC2CNCCO2)n1. The van der Waals surface area contributed by atoms with E-state index in [2.05, 4.69) is 29.3 Å². The molecule has 0 radical (unpaired) electrons. The number of ether oxygens (including phenoxy) is 1. The zero-order valence-corrected chi connectivity index (χ0v) is 11.8. The van der Waals surface area contributed by atoms with Gasteiger partial charge >= 0.3 is 0 Å². The molecule has 0 amide bonds. The van der Waals surface area contributed by atoms with E-state index in [-0.39, 0.29) is 6.10 Å².